The van der Waals surface area contributed by atoms with Crippen molar-refractivity contribution in [3.05, 3.63) is 131 Å². The van der Waals surface area contributed by atoms with Crippen LogP contribution in [-0.2, 0) is 6.54 Å². The summed E-state index contributed by atoms with van der Waals surface area (Å²) in [6.07, 6.45) is 0.471. The molecule has 0 fully saturated rings. The molecule has 3 heterocycles. The average molecular weight is 617 g/mol. The quantitative estimate of drug-likeness (QED) is 0.190. The van der Waals surface area contributed by atoms with Gasteiger partial charge in [0, 0.05) is 35.4 Å². The number of carbonyl (C=O) groups is 2. The molecule has 3 aromatic heterocycles. The molecule has 0 aliphatic rings. The topological polar surface area (TPSA) is 124 Å². The first-order chi connectivity index (χ1) is 21.8. The number of carbonyl (C=O) groups excluding carboxylic acids is 2. The summed E-state index contributed by atoms with van der Waals surface area (Å²) in [6.45, 7) is 0.0944. The van der Waals surface area contributed by atoms with E-state index in [9.17, 15) is 24.3 Å². The number of nitrogens with zero attached hydrogens (tertiary/aromatic N) is 5. The number of imidazole rings is 1. The summed E-state index contributed by atoms with van der Waals surface area (Å²) in [5.74, 6) is -1.12. The fraction of sp³-hybridized carbons (Fsp3) is 0.0882. The summed E-state index contributed by atoms with van der Waals surface area (Å²) >= 11 is 1.20. The van der Waals surface area contributed by atoms with Crippen LogP contribution >= 0.6 is 11.3 Å². The minimum atomic E-state index is -0.898. The number of hydrogen-bond donors (Lipinski definition) is 2. The lowest BCUT2D eigenvalue weighted by Gasteiger charge is -2.18. The Hall–Kier alpha value is -5.70. The molecule has 0 aliphatic carbocycles. The van der Waals surface area contributed by atoms with Gasteiger partial charge in [-0.15, -0.1) is 11.3 Å². The maximum Gasteiger partial charge on any atom is 0.268 e. The zero-order valence-electron chi connectivity index (χ0n) is 23.9. The van der Waals surface area contributed by atoms with Crippen LogP contribution in [0.5, 0.6) is 0 Å². The minimum Gasteiger partial charge on any atom is -0.387 e. The molecule has 3 aromatic carbocycles. The van der Waals surface area contributed by atoms with E-state index in [-0.39, 0.29) is 18.4 Å². The summed E-state index contributed by atoms with van der Waals surface area (Å²) in [6, 6.07) is 29.3. The highest BCUT2D eigenvalue weighted by Gasteiger charge is 2.21. The Balaban J connectivity index is 1.33. The number of amides is 2. The number of anilines is 2. The molecule has 2 N–H and O–H groups in total. The van der Waals surface area contributed by atoms with Crippen molar-refractivity contribution in [2.75, 3.05) is 17.3 Å². The van der Waals surface area contributed by atoms with Crippen molar-refractivity contribution in [3.63, 3.8) is 0 Å². The Labute approximate surface area is 261 Å². The number of nitriles is 1. The predicted octanol–water partition coefficient (Wildman–Crippen LogP) is 6.43. The molecule has 0 spiro atoms. The van der Waals surface area contributed by atoms with Gasteiger partial charge in [-0.2, -0.15) is 9.65 Å². The molecule has 0 saturated heterocycles. The third-order valence-corrected chi connectivity index (χ3v) is 8.40. The lowest BCUT2D eigenvalue weighted by Crippen LogP contribution is -2.26. The van der Waals surface area contributed by atoms with Crippen LogP contribution in [0.3, 0.4) is 0 Å². The molecule has 2 amide bonds. The second-order valence-corrected chi connectivity index (χ2v) is 11.3. The van der Waals surface area contributed by atoms with Gasteiger partial charge in [-0.1, -0.05) is 36.4 Å². The van der Waals surface area contributed by atoms with Crippen molar-refractivity contribution in [2.24, 2.45) is 0 Å². The van der Waals surface area contributed by atoms with Gasteiger partial charge in [0.05, 0.1) is 40.2 Å². The number of aromatic nitrogens is 3. The largest absolute Gasteiger partial charge is 0.387 e. The molecule has 0 bridgehead atoms. The molecule has 0 saturated carbocycles. The van der Waals surface area contributed by atoms with E-state index in [1.165, 1.54) is 34.6 Å². The molecule has 222 valence electrons. The molecule has 0 unspecified atom stereocenters. The van der Waals surface area contributed by atoms with Crippen molar-refractivity contribution in [2.45, 2.75) is 12.6 Å². The van der Waals surface area contributed by atoms with Gasteiger partial charge >= 0.3 is 0 Å². The number of benzene rings is 3. The zero-order valence-corrected chi connectivity index (χ0v) is 24.7. The van der Waals surface area contributed by atoms with E-state index >= 15 is 0 Å². The second kappa shape index (κ2) is 12.5. The van der Waals surface area contributed by atoms with E-state index in [1.54, 1.807) is 66.2 Å². The Morgan fingerprint density at radius 2 is 1.87 bits per heavy atom. The van der Waals surface area contributed by atoms with Gasteiger partial charge in [0.25, 0.3) is 11.8 Å². The smallest absolute Gasteiger partial charge is 0.268 e. The van der Waals surface area contributed by atoms with E-state index < -0.39 is 18.0 Å². The first-order valence-corrected chi connectivity index (χ1v) is 14.7. The molecule has 11 heteroatoms. The Morgan fingerprint density at radius 1 is 1.04 bits per heavy atom. The Bertz CT molecular complexity index is 2090. The van der Waals surface area contributed by atoms with Crippen LogP contribution in [0.1, 0.15) is 37.3 Å². The summed E-state index contributed by atoms with van der Waals surface area (Å²) in [4.78, 5) is 37.4. The number of aliphatic hydroxyl groups excluding tert-OH is 1. The molecule has 0 radical (unpaired) electrons. The molecule has 6 rings (SSSR count). The highest BCUT2D eigenvalue weighted by molar-refractivity contribution is 7.17. The first-order valence-electron chi connectivity index (χ1n) is 13.9. The van der Waals surface area contributed by atoms with Crippen molar-refractivity contribution in [3.8, 4) is 16.5 Å². The van der Waals surface area contributed by atoms with Crippen LogP contribution in [0.25, 0.3) is 21.5 Å². The number of halogens is 1. The molecular formula is C34H25FN6O3S. The first kappa shape index (κ1) is 29.4. The van der Waals surface area contributed by atoms with Crippen molar-refractivity contribution >= 4 is 45.8 Å². The molecule has 9 nitrogen and oxygen atoms in total. The van der Waals surface area contributed by atoms with Gasteiger partial charge in [0.1, 0.15) is 0 Å². The van der Waals surface area contributed by atoms with E-state index in [1.807, 2.05) is 36.4 Å². The van der Waals surface area contributed by atoms with Crippen LogP contribution in [0.4, 0.5) is 16.0 Å². The molecule has 1 atom stereocenters. The average Bonchev–Trinajstić information content (AvgIpc) is 3.70. The van der Waals surface area contributed by atoms with Crippen LogP contribution in [-0.4, -0.2) is 38.5 Å². The fourth-order valence-electron chi connectivity index (χ4n) is 4.93. The van der Waals surface area contributed by atoms with E-state index in [4.69, 9.17) is 0 Å². The summed E-state index contributed by atoms with van der Waals surface area (Å²) in [5.41, 5.74) is 3.73. The highest BCUT2D eigenvalue weighted by atomic mass is 32.1. The number of thiophene rings is 1. The van der Waals surface area contributed by atoms with Gasteiger partial charge in [-0.05, 0) is 65.7 Å². The SMILES string of the molecule is CN(C(=O)c1cccc(C#N)c1)c1ccc2c(c1)nc(NC(=O)c1ccc(-c3ccnc(F)c3)s1)n2C[C@H](O)c1ccccc1. The zero-order chi connectivity index (χ0) is 31.5. The number of rotatable bonds is 8. The van der Waals surface area contributed by atoms with Gasteiger partial charge < -0.3 is 14.6 Å². The standard InChI is InChI=1S/C34H25FN6O3S/c1-40(33(44)24-9-5-6-21(16-24)19-36)25-10-11-27-26(18-25)38-34(41(27)20-28(42)22-7-3-2-4-8-22)39-32(43)30-13-12-29(45-30)23-14-15-37-31(35)17-23/h2-18,28,42H,20H2,1H3,(H,38,39,43)/t28-/m0/s1. The van der Waals surface area contributed by atoms with Gasteiger partial charge in [0.2, 0.25) is 11.9 Å². The van der Waals surface area contributed by atoms with Crippen molar-refractivity contribution < 1.29 is 19.1 Å². The van der Waals surface area contributed by atoms with Crippen molar-refractivity contribution in [1.29, 1.82) is 5.26 Å². The van der Waals surface area contributed by atoms with Gasteiger partial charge in [-0.3, -0.25) is 14.9 Å². The van der Waals surface area contributed by atoms with Gasteiger partial charge in [-0.25, -0.2) is 9.97 Å². The number of hydrogen-bond acceptors (Lipinski definition) is 7. The normalized spacial score (nSPS) is 11.6. The highest BCUT2D eigenvalue weighted by Crippen LogP contribution is 2.31. The molecule has 6 aromatic rings. The maximum absolute atomic E-state index is 13.7. The monoisotopic (exact) mass is 616 g/mol. The van der Waals surface area contributed by atoms with E-state index in [0.29, 0.717) is 48.7 Å². The number of aliphatic hydroxyl groups is 1. The molecule has 0 aliphatic heterocycles. The van der Waals surface area contributed by atoms with Crippen LogP contribution in [0, 0.1) is 17.3 Å². The molecule has 45 heavy (non-hydrogen) atoms. The number of fused-ring (bicyclic) bond motifs is 1. The number of nitrogens with one attached hydrogen (secondary N) is 1. The van der Waals surface area contributed by atoms with Crippen molar-refractivity contribution in [1.82, 2.24) is 14.5 Å². The summed E-state index contributed by atoms with van der Waals surface area (Å²) in [7, 11) is 1.63. The Kier molecular flexibility index (Phi) is 8.16. The summed E-state index contributed by atoms with van der Waals surface area (Å²) in [5, 5.41) is 23.2. The van der Waals surface area contributed by atoms with E-state index in [0.717, 1.165) is 0 Å². The van der Waals surface area contributed by atoms with E-state index in [2.05, 4.69) is 15.3 Å². The third kappa shape index (κ3) is 6.19. The lowest BCUT2D eigenvalue weighted by atomic mass is 10.1. The molecular weight excluding hydrogens is 591 g/mol. The predicted molar refractivity (Wildman–Crippen MR) is 170 cm³/mol. The van der Waals surface area contributed by atoms with Gasteiger partial charge in [0.15, 0.2) is 0 Å². The Morgan fingerprint density at radius 3 is 2.64 bits per heavy atom. The van der Waals surface area contributed by atoms with Crippen LogP contribution in [0.2, 0.25) is 0 Å². The summed E-state index contributed by atoms with van der Waals surface area (Å²) < 4.78 is 15.4. The number of pyridine rings is 1. The minimum absolute atomic E-state index is 0.0944. The third-order valence-electron chi connectivity index (χ3n) is 7.27. The lowest BCUT2D eigenvalue weighted by molar-refractivity contribution is 0.0991. The maximum atomic E-state index is 13.7. The fourth-order valence-corrected chi connectivity index (χ4v) is 5.82. The van der Waals surface area contributed by atoms with Crippen LogP contribution < -0.4 is 10.2 Å². The van der Waals surface area contributed by atoms with Crippen LogP contribution in [0.15, 0.2) is 103 Å². The second-order valence-electron chi connectivity index (χ2n) is 10.2.